The van der Waals surface area contributed by atoms with Crippen LogP contribution in [0.2, 0.25) is 0 Å². The Kier molecular flexibility index (Phi) is 5.81. The number of aliphatic hydroxyl groups is 2. The molecular weight excluding hydrogens is 304 g/mol. The van der Waals surface area contributed by atoms with E-state index < -0.39 is 17.5 Å². The van der Waals surface area contributed by atoms with Gasteiger partial charge in [0.1, 0.15) is 0 Å². The number of carbonyl (C=O) groups is 1. The average Bonchev–Trinajstić information content (AvgIpc) is 2.50. The molecule has 0 aromatic rings. The standard InChI is InChI=1S/C20H34O4/c1-13(10-12-21)5-7-15-14(2)6-8-16-19(15,3)11-9-17(22)20(16,4)18(23)24/h13,15-17,21-22H,2,5-12H2,1,3-4H3,(H,23,24). The molecule has 2 saturated carbocycles. The number of rotatable bonds is 6. The summed E-state index contributed by atoms with van der Waals surface area (Å²) in [6.07, 6.45) is 5.13. The molecule has 2 rings (SSSR count). The molecule has 0 heterocycles. The van der Waals surface area contributed by atoms with Gasteiger partial charge < -0.3 is 15.3 Å². The van der Waals surface area contributed by atoms with Crippen LogP contribution in [0.15, 0.2) is 12.2 Å². The number of aliphatic carboxylic acids is 1. The third kappa shape index (κ3) is 3.15. The first-order chi connectivity index (χ1) is 11.2. The molecule has 0 amide bonds. The van der Waals surface area contributed by atoms with Crippen molar-refractivity contribution in [3.05, 3.63) is 12.2 Å². The first-order valence-electron chi connectivity index (χ1n) is 9.37. The van der Waals surface area contributed by atoms with E-state index >= 15 is 0 Å². The van der Waals surface area contributed by atoms with Gasteiger partial charge in [-0.1, -0.05) is 32.4 Å². The molecule has 4 nitrogen and oxygen atoms in total. The Labute approximate surface area is 146 Å². The first-order valence-corrected chi connectivity index (χ1v) is 9.37. The van der Waals surface area contributed by atoms with E-state index in [-0.39, 0.29) is 17.9 Å². The molecule has 0 aromatic heterocycles. The van der Waals surface area contributed by atoms with Crippen LogP contribution in [0.4, 0.5) is 0 Å². The minimum absolute atomic E-state index is 0.0186. The molecule has 2 aliphatic carbocycles. The minimum atomic E-state index is -1.07. The lowest BCUT2D eigenvalue weighted by molar-refractivity contribution is -0.183. The van der Waals surface area contributed by atoms with E-state index in [0.717, 1.165) is 38.5 Å². The smallest absolute Gasteiger partial charge is 0.312 e. The highest BCUT2D eigenvalue weighted by Gasteiger charge is 2.60. The van der Waals surface area contributed by atoms with Crippen molar-refractivity contribution in [1.82, 2.24) is 0 Å². The molecule has 2 aliphatic rings. The number of carboxylic acids is 1. The lowest BCUT2D eigenvalue weighted by Gasteiger charge is -2.58. The fraction of sp³-hybridized carbons (Fsp3) is 0.850. The van der Waals surface area contributed by atoms with Gasteiger partial charge in [-0.25, -0.2) is 0 Å². The van der Waals surface area contributed by atoms with Crippen molar-refractivity contribution in [1.29, 1.82) is 0 Å². The molecule has 2 fully saturated rings. The third-order valence-electron chi connectivity index (χ3n) is 7.24. The molecule has 6 atom stereocenters. The van der Waals surface area contributed by atoms with Gasteiger partial charge in [-0.05, 0) is 68.6 Å². The Morgan fingerprint density at radius 1 is 1.33 bits per heavy atom. The number of allylic oxidation sites excluding steroid dienone is 1. The van der Waals surface area contributed by atoms with Gasteiger partial charge in [-0.15, -0.1) is 0 Å². The van der Waals surface area contributed by atoms with Crippen LogP contribution in [-0.4, -0.2) is 34.0 Å². The predicted octanol–water partition coefficient (Wildman–Crippen LogP) is 3.62. The number of carboxylic acid groups (broad SMARTS) is 1. The molecule has 0 bridgehead atoms. The van der Waals surface area contributed by atoms with Gasteiger partial charge in [-0.2, -0.15) is 0 Å². The second kappa shape index (κ2) is 7.17. The van der Waals surface area contributed by atoms with Crippen LogP contribution >= 0.6 is 0 Å². The Morgan fingerprint density at radius 3 is 2.58 bits per heavy atom. The second-order valence-corrected chi connectivity index (χ2v) is 8.65. The molecular formula is C20H34O4. The van der Waals surface area contributed by atoms with E-state index in [2.05, 4.69) is 20.4 Å². The largest absolute Gasteiger partial charge is 0.481 e. The van der Waals surface area contributed by atoms with Crippen LogP contribution in [0.25, 0.3) is 0 Å². The molecule has 4 heteroatoms. The van der Waals surface area contributed by atoms with Crippen molar-refractivity contribution >= 4 is 5.97 Å². The van der Waals surface area contributed by atoms with E-state index in [4.69, 9.17) is 5.11 Å². The molecule has 0 aliphatic heterocycles. The molecule has 3 N–H and O–H groups in total. The lowest BCUT2D eigenvalue weighted by Crippen LogP contribution is -2.59. The molecule has 0 saturated heterocycles. The Balaban J connectivity index is 2.26. The van der Waals surface area contributed by atoms with Crippen molar-refractivity contribution in [2.24, 2.45) is 28.6 Å². The Bertz CT molecular complexity index is 488. The highest BCUT2D eigenvalue weighted by molar-refractivity contribution is 5.76. The fourth-order valence-electron chi connectivity index (χ4n) is 5.50. The summed E-state index contributed by atoms with van der Waals surface area (Å²) in [5.74, 6) is -0.115. The quantitative estimate of drug-likeness (QED) is 0.646. The summed E-state index contributed by atoms with van der Waals surface area (Å²) < 4.78 is 0. The summed E-state index contributed by atoms with van der Waals surface area (Å²) in [4.78, 5) is 12.0. The summed E-state index contributed by atoms with van der Waals surface area (Å²) in [6, 6.07) is 0. The van der Waals surface area contributed by atoms with Crippen LogP contribution < -0.4 is 0 Å². The van der Waals surface area contributed by atoms with Crippen molar-refractivity contribution in [3.63, 3.8) is 0 Å². The average molecular weight is 338 g/mol. The minimum Gasteiger partial charge on any atom is -0.481 e. The second-order valence-electron chi connectivity index (χ2n) is 8.65. The van der Waals surface area contributed by atoms with E-state index in [9.17, 15) is 15.0 Å². The van der Waals surface area contributed by atoms with Crippen molar-refractivity contribution in [3.8, 4) is 0 Å². The topological polar surface area (TPSA) is 77.8 Å². The van der Waals surface area contributed by atoms with Crippen LogP contribution in [0.3, 0.4) is 0 Å². The van der Waals surface area contributed by atoms with E-state index in [0.29, 0.717) is 18.3 Å². The van der Waals surface area contributed by atoms with Gasteiger partial charge >= 0.3 is 5.97 Å². The van der Waals surface area contributed by atoms with Crippen LogP contribution in [0.1, 0.15) is 65.7 Å². The van der Waals surface area contributed by atoms with Crippen molar-refractivity contribution in [2.45, 2.75) is 71.8 Å². The summed E-state index contributed by atoms with van der Waals surface area (Å²) in [5.41, 5.74) is 0.0672. The summed E-state index contributed by atoms with van der Waals surface area (Å²) >= 11 is 0. The predicted molar refractivity (Wildman–Crippen MR) is 94.5 cm³/mol. The highest BCUT2D eigenvalue weighted by atomic mass is 16.4. The van der Waals surface area contributed by atoms with Crippen LogP contribution in [-0.2, 0) is 4.79 Å². The maximum atomic E-state index is 12.0. The van der Waals surface area contributed by atoms with Crippen molar-refractivity contribution in [2.75, 3.05) is 6.61 Å². The molecule has 0 aromatic carbocycles. The lowest BCUT2D eigenvalue weighted by atomic mass is 9.46. The maximum Gasteiger partial charge on any atom is 0.312 e. The summed E-state index contributed by atoms with van der Waals surface area (Å²) in [7, 11) is 0. The van der Waals surface area contributed by atoms with E-state index in [1.54, 1.807) is 6.92 Å². The van der Waals surface area contributed by atoms with Gasteiger partial charge in [0, 0.05) is 6.61 Å². The monoisotopic (exact) mass is 338 g/mol. The van der Waals surface area contributed by atoms with Gasteiger partial charge in [0.15, 0.2) is 0 Å². The zero-order valence-corrected chi connectivity index (χ0v) is 15.4. The molecule has 0 radical (unpaired) electrons. The van der Waals surface area contributed by atoms with Gasteiger partial charge in [0.05, 0.1) is 11.5 Å². The van der Waals surface area contributed by atoms with E-state index in [1.807, 2.05) is 0 Å². The van der Waals surface area contributed by atoms with Crippen LogP contribution in [0, 0.1) is 28.6 Å². The van der Waals surface area contributed by atoms with Gasteiger partial charge in [0.25, 0.3) is 0 Å². The third-order valence-corrected chi connectivity index (χ3v) is 7.24. The summed E-state index contributed by atoms with van der Waals surface area (Å²) in [6.45, 7) is 10.6. The van der Waals surface area contributed by atoms with E-state index in [1.165, 1.54) is 5.57 Å². The summed E-state index contributed by atoms with van der Waals surface area (Å²) in [5, 5.41) is 29.4. The zero-order chi connectivity index (χ0) is 18.1. The number of hydrogen-bond donors (Lipinski definition) is 3. The van der Waals surface area contributed by atoms with Gasteiger partial charge in [-0.3, -0.25) is 4.79 Å². The zero-order valence-electron chi connectivity index (χ0n) is 15.4. The highest BCUT2D eigenvalue weighted by Crippen LogP contribution is 2.62. The Hall–Kier alpha value is -0.870. The molecule has 0 spiro atoms. The van der Waals surface area contributed by atoms with Crippen molar-refractivity contribution < 1.29 is 20.1 Å². The first kappa shape index (κ1) is 19.5. The molecule has 24 heavy (non-hydrogen) atoms. The number of aliphatic hydroxyl groups excluding tert-OH is 2. The number of hydrogen-bond acceptors (Lipinski definition) is 3. The van der Waals surface area contributed by atoms with Crippen LogP contribution in [0.5, 0.6) is 0 Å². The molecule has 138 valence electrons. The Morgan fingerprint density at radius 2 is 2.00 bits per heavy atom. The normalized spacial score (nSPS) is 40.9. The number of fused-ring (bicyclic) bond motifs is 1. The van der Waals surface area contributed by atoms with Gasteiger partial charge in [0.2, 0.25) is 0 Å². The molecule has 6 unspecified atom stereocenters. The SMILES string of the molecule is C=C1CCC2C(C)(CCC(O)C2(C)C(=O)O)C1CCC(C)CCO. The maximum absolute atomic E-state index is 12.0. The fourth-order valence-corrected chi connectivity index (χ4v) is 5.50.